The van der Waals surface area contributed by atoms with Crippen LogP contribution in [0.25, 0.3) is 6.08 Å². The molecule has 0 aromatic heterocycles. The Bertz CT molecular complexity index is 285. The molecule has 0 radical (unpaired) electrons. The van der Waals surface area contributed by atoms with Gasteiger partial charge in [0, 0.05) is 6.61 Å². The van der Waals surface area contributed by atoms with Crippen molar-refractivity contribution in [2.75, 3.05) is 6.61 Å². The number of hydrogen-bond donors (Lipinski definition) is 1. The lowest BCUT2D eigenvalue weighted by Crippen LogP contribution is -2.14. The lowest BCUT2D eigenvalue weighted by Gasteiger charge is -2.18. The average Bonchev–Trinajstić information content (AvgIpc) is 2.19. The monoisotopic (exact) mass is 190 g/mol. The third-order valence-corrected chi connectivity index (χ3v) is 2.21. The van der Waals surface area contributed by atoms with Gasteiger partial charge in [-0.2, -0.15) is 0 Å². The topological polar surface area (TPSA) is 20.2 Å². The number of hydrogen-bond acceptors (Lipinski definition) is 1. The van der Waals surface area contributed by atoms with Crippen molar-refractivity contribution in [1.29, 1.82) is 0 Å². The first-order chi connectivity index (χ1) is 6.64. The largest absolute Gasteiger partial charge is 0.396 e. The molecule has 0 saturated carbocycles. The molecule has 1 rings (SSSR count). The number of rotatable bonds is 4. The van der Waals surface area contributed by atoms with E-state index in [1.165, 1.54) is 5.56 Å². The third kappa shape index (κ3) is 3.75. The third-order valence-electron chi connectivity index (χ3n) is 2.21. The zero-order valence-electron chi connectivity index (χ0n) is 8.90. The van der Waals surface area contributed by atoms with Gasteiger partial charge in [-0.15, -0.1) is 0 Å². The second-order valence-corrected chi connectivity index (χ2v) is 4.34. The van der Waals surface area contributed by atoms with Crippen LogP contribution in [-0.2, 0) is 0 Å². The highest BCUT2D eigenvalue weighted by Crippen LogP contribution is 2.20. The molecule has 1 nitrogen and oxygen atoms in total. The molecule has 0 aliphatic heterocycles. The van der Waals surface area contributed by atoms with Gasteiger partial charge in [-0.05, 0) is 17.4 Å². The highest BCUT2D eigenvalue weighted by molar-refractivity contribution is 5.48. The van der Waals surface area contributed by atoms with Gasteiger partial charge < -0.3 is 5.11 Å². The Balaban J connectivity index is 2.50. The molecular weight excluding hydrogens is 172 g/mol. The first kappa shape index (κ1) is 11.0. The predicted molar refractivity (Wildman–Crippen MR) is 61.0 cm³/mol. The van der Waals surface area contributed by atoms with Gasteiger partial charge in [0.05, 0.1) is 0 Å². The van der Waals surface area contributed by atoms with Crippen molar-refractivity contribution in [3.8, 4) is 0 Å². The van der Waals surface area contributed by atoms with Gasteiger partial charge >= 0.3 is 0 Å². The fourth-order valence-electron chi connectivity index (χ4n) is 1.14. The number of aliphatic hydroxyl groups is 1. The summed E-state index contributed by atoms with van der Waals surface area (Å²) in [7, 11) is 0. The number of aliphatic hydroxyl groups excluding tert-OH is 1. The summed E-state index contributed by atoms with van der Waals surface area (Å²) in [6, 6.07) is 10.2. The number of allylic oxidation sites excluding steroid dienone is 1. The van der Waals surface area contributed by atoms with Crippen molar-refractivity contribution >= 4 is 6.08 Å². The van der Waals surface area contributed by atoms with Crippen molar-refractivity contribution in [3.63, 3.8) is 0 Å². The van der Waals surface area contributed by atoms with Gasteiger partial charge in [-0.25, -0.2) is 0 Å². The van der Waals surface area contributed by atoms with Crippen molar-refractivity contribution in [1.82, 2.24) is 0 Å². The minimum Gasteiger partial charge on any atom is -0.396 e. The molecule has 1 aromatic rings. The van der Waals surface area contributed by atoms with Crippen LogP contribution in [0.15, 0.2) is 36.4 Å². The maximum Gasteiger partial charge on any atom is 0.0485 e. The van der Waals surface area contributed by atoms with E-state index in [-0.39, 0.29) is 12.0 Å². The molecule has 0 saturated heterocycles. The van der Waals surface area contributed by atoms with E-state index in [0.717, 1.165) is 6.42 Å². The summed E-state index contributed by atoms with van der Waals surface area (Å²) in [5, 5.41) is 9.06. The van der Waals surface area contributed by atoms with Crippen LogP contribution in [0.5, 0.6) is 0 Å². The zero-order chi connectivity index (χ0) is 10.4. The molecule has 1 N–H and O–H groups in total. The van der Waals surface area contributed by atoms with Gasteiger partial charge in [0.15, 0.2) is 0 Å². The fourth-order valence-corrected chi connectivity index (χ4v) is 1.14. The van der Waals surface area contributed by atoms with Crippen molar-refractivity contribution in [2.45, 2.75) is 20.3 Å². The Hall–Kier alpha value is -1.08. The minimum absolute atomic E-state index is 0.00865. The summed E-state index contributed by atoms with van der Waals surface area (Å²) in [6.45, 7) is 4.34. The number of benzene rings is 1. The Kier molecular flexibility index (Phi) is 3.90. The Morgan fingerprint density at radius 2 is 1.86 bits per heavy atom. The zero-order valence-corrected chi connectivity index (χ0v) is 8.90. The minimum atomic E-state index is -0.00865. The predicted octanol–water partition coefficient (Wildman–Crippen LogP) is 3.11. The molecule has 0 aliphatic rings. The molecule has 0 spiro atoms. The molecular formula is C13H18O. The highest BCUT2D eigenvalue weighted by Gasteiger charge is 2.13. The standard InChI is InChI=1S/C13H18O/c1-13(2,11-14)10-6-9-12-7-4-3-5-8-12/h3-9,14H,10-11H2,1-2H3. The first-order valence-electron chi connectivity index (χ1n) is 4.96. The molecule has 0 aliphatic carbocycles. The van der Waals surface area contributed by atoms with Crippen molar-refractivity contribution < 1.29 is 5.11 Å². The molecule has 0 unspecified atom stereocenters. The lowest BCUT2D eigenvalue weighted by molar-refractivity contribution is 0.162. The Morgan fingerprint density at radius 3 is 2.43 bits per heavy atom. The van der Waals surface area contributed by atoms with Gasteiger partial charge in [0.2, 0.25) is 0 Å². The maximum atomic E-state index is 9.06. The smallest absolute Gasteiger partial charge is 0.0485 e. The summed E-state index contributed by atoms with van der Waals surface area (Å²) in [6.07, 6.45) is 5.11. The van der Waals surface area contributed by atoms with Crippen LogP contribution < -0.4 is 0 Å². The van der Waals surface area contributed by atoms with Crippen LogP contribution >= 0.6 is 0 Å². The van der Waals surface area contributed by atoms with E-state index in [2.05, 4.69) is 38.1 Å². The summed E-state index contributed by atoms with van der Waals surface area (Å²) in [5.74, 6) is 0. The Morgan fingerprint density at radius 1 is 1.21 bits per heavy atom. The van der Waals surface area contributed by atoms with Crippen molar-refractivity contribution in [2.24, 2.45) is 5.41 Å². The molecule has 76 valence electrons. The van der Waals surface area contributed by atoms with E-state index in [1.54, 1.807) is 0 Å². The molecule has 0 amide bonds. The second-order valence-electron chi connectivity index (χ2n) is 4.34. The summed E-state index contributed by atoms with van der Waals surface area (Å²) in [5.41, 5.74) is 1.20. The molecule has 1 heteroatoms. The quantitative estimate of drug-likeness (QED) is 0.773. The maximum absolute atomic E-state index is 9.06. The van der Waals surface area contributed by atoms with Gasteiger partial charge in [0.25, 0.3) is 0 Å². The van der Waals surface area contributed by atoms with Crippen LogP contribution in [0.1, 0.15) is 25.8 Å². The van der Waals surface area contributed by atoms with Gasteiger partial charge in [-0.3, -0.25) is 0 Å². The van der Waals surface area contributed by atoms with E-state index in [1.807, 2.05) is 18.2 Å². The van der Waals surface area contributed by atoms with E-state index in [0.29, 0.717) is 0 Å². The van der Waals surface area contributed by atoms with Crippen LogP contribution in [0.3, 0.4) is 0 Å². The molecule has 14 heavy (non-hydrogen) atoms. The SMILES string of the molecule is CC(C)(CO)CC=Cc1ccccc1. The van der Waals surface area contributed by atoms with Crippen molar-refractivity contribution in [3.05, 3.63) is 42.0 Å². The molecule has 0 fully saturated rings. The van der Waals surface area contributed by atoms with E-state index < -0.39 is 0 Å². The van der Waals surface area contributed by atoms with E-state index in [4.69, 9.17) is 5.11 Å². The highest BCUT2D eigenvalue weighted by atomic mass is 16.3. The molecule has 0 atom stereocenters. The van der Waals surface area contributed by atoms with E-state index >= 15 is 0 Å². The summed E-state index contributed by atoms with van der Waals surface area (Å²) >= 11 is 0. The normalized spacial score (nSPS) is 12.2. The molecule has 1 aromatic carbocycles. The lowest BCUT2D eigenvalue weighted by atomic mass is 9.90. The second kappa shape index (κ2) is 4.97. The van der Waals surface area contributed by atoms with Crippen LogP contribution in [0.4, 0.5) is 0 Å². The van der Waals surface area contributed by atoms with Crippen LogP contribution in [-0.4, -0.2) is 11.7 Å². The first-order valence-corrected chi connectivity index (χ1v) is 4.96. The van der Waals surface area contributed by atoms with E-state index in [9.17, 15) is 0 Å². The summed E-state index contributed by atoms with van der Waals surface area (Å²) < 4.78 is 0. The molecule has 0 bridgehead atoms. The average molecular weight is 190 g/mol. The van der Waals surface area contributed by atoms with Crippen LogP contribution in [0.2, 0.25) is 0 Å². The van der Waals surface area contributed by atoms with Gasteiger partial charge in [0.1, 0.15) is 0 Å². The van der Waals surface area contributed by atoms with Crippen LogP contribution in [0, 0.1) is 5.41 Å². The fraction of sp³-hybridized carbons (Fsp3) is 0.385. The Labute approximate surface area is 86.1 Å². The molecule has 0 heterocycles. The van der Waals surface area contributed by atoms with Gasteiger partial charge in [-0.1, -0.05) is 56.3 Å². The summed E-state index contributed by atoms with van der Waals surface area (Å²) in [4.78, 5) is 0.